The van der Waals surface area contributed by atoms with Crippen LogP contribution in [0.5, 0.6) is 0 Å². The van der Waals surface area contributed by atoms with Gasteiger partial charge in [-0.25, -0.2) is 4.39 Å². The minimum atomic E-state index is -0.104. The van der Waals surface area contributed by atoms with E-state index < -0.39 is 0 Å². The van der Waals surface area contributed by atoms with Gasteiger partial charge in [-0.05, 0) is 38.4 Å². The number of nitrogens with one attached hydrogen (secondary N) is 1. The molecule has 2 heteroatoms. The lowest BCUT2D eigenvalue weighted by Crippen LogP contribution is -2.25. The molecule has 0 heterocycles. The van der Waals surface area contributed by atoms with Crippen molar-refractivity contribution in [2.24, 2.45) is 0 Å². The molecular weight excluding hydrogens is 189 g/mol. The average Bonchev–Trinajstić information content (AvgIpc) is 2.28. The summed E-state index contributed by atoms with van der Waals surface area (Å²) < 4.78 is 13.5. The Hall–Kier alpha value is -1.15. The highest BCUT2D eigenvalue weighted by molar-refractivity contribution is 5.61. The van der Waals surface area contributed by atoms with E-state index in [9.17, 15) is 4.39 Å². The van der Waals surface area contributed by atoms with Crippen LogP contribution in [0.1, 0.15) is 24.5 Å². The summed E-state index contributed by atoms with van der Waals surface area (Å²) in [5.74, 6) is -0.104. The van der Waals surface area contributed by atoms with E-state index in [1.165, 1.54) is 11.6 Å². The first-order chi connectivity index (χ1) is 7.22. The first-order valence-corrected chi connectivity index (χ1v) is 5.37. The molecule has 1 aliphatic carbocycles. The molecule has 1 atom stereocenters. The number of halogens is 1. The zero-order chi connectivity index (χ0) is 10.8. The number of hydrogen-bond acceptors (Lipinski definition) is 1. The number of aryl methyl sites for hydroxylation is 1. The van der Waals surface area contributed by atoms with Gasteiger partial charge in [-0.2, -0.15) is 0 Å². The van der Waals surface area contributed by atoms with E-state index in [2.05, 4.69) is 12.2 Å². The molecule has 0 amide bonds. The molecule has 0 aliphatic heterocycles. The maximum Gasteiger partial charge on any atom is 0.130 e. The minimum absolute atomic E-state index is 0.104. The number of hydrogen-bond donors (Lipinski definition) is 1. The Labute approximate surface area is 90.0 Å². The van der Waals surface area contributed by atoms with Crippen LogP contribution in [0.3, 0.4) is 0 Å². The van der Waals surface area contributed by atoms with E-state index in [-0.39, 0.29) is 5.82 Å². The van der Waals surface area contributed by atoms with Crippen LogP contribution < -0.4 is 5.32 Å². The van der Waals surface area contributed by atoms with Crippen molar-refractivity contribution in [3.05, 3.63) is 40.7 Å². The fourth-order valence-electron chi connectivity index (χ4n) is 2.02. The molecule has 0 fully saturated rings. The lowest BCUT2D eigenvalue weighted by Gasteiger charge is -2.21. The predicted octanol–water partition coefficient (Wildman–Crippen LogP) is 2.76. The van der Waals surface area contributed by atoms with Crippen LogP contribution in [0, 0.1) is 5.82 Å². The van der Waals surface area contributed by atoms with Gasteiger partial charge in [0, 0.05) is 11.6 Å². The standard InChI is InChI=1S/C13H16FN/c1-9(15-2)11-7-6-10-4-3-5-13(14)12(10)8-11/h3-5,8-9,15H,6-7H2,1-2H3. The van der Waals surface area contributed by atoms with E-state index in [0.29, 0.717) is 6.04 Å². The fourth-order valence-corrected chi connectivity index (χ4v) is 2.02. The molecule has 1 unspecified atom stereocenters. The highest BCUT2D eigenvalue weighted by atomic mass is 19.1. The quantitative estimate of drug-likeness (QED) is 0.782. The fraction of sp³-hybridized carbons (Fsp3) is 0.385. The molecule has 0 aromatic heterocycles. The largest absolute Gasteiger partial charge is 0.314 e. The molecule has 80 valence electrons. The monoisotopic (exact) mass is 205 g/mol. The van der Waals surface area contributed by atoms with Crippen molar-refractivity contribution in [2.75, 3.05) is 7.05 Å². The van der Waals surface area contributed by atoms with Gasteiger partial charge in [0.25, 0.3) is 0 Å². The first-order valence-electron chi connectivity index (χ1n) is 5.37. The second-order valence-corrected chi connectivity index (χ2v) is 4.04. The van der Waals surface area contributed by atoms with Crippen molar-refractivity contribution in [1.82, 2.24) is 5.32 Å². The van der Waals surface area contributed by atoms with Crippen molar-refractivity contribution in [3.63, 3.8) is 0 Å². The molecular formula is C13H16FN. The lowest BCUT2D eigenvalue weighted by molar-refractivity contribution is 0.614. The van der Waals surface area contributed by atoms with Crippen molar-refractivity contribution in [2.45, 2.75) is 25.8 Å². The van der Waals surface area contributed by atoms with Crippen molar-refractivity contribution >= 4 is 6.08 Å². The topological polar surface area (TPSA) is 12.0 Å². The Balaban J connectivity index is 2.40. The van der Waals surface area contributed by atoms with Crippen LogP contribution in [0.25, 0.3) is 6.08 Å². The summed E-state index contributed by atoms with van der Waals surface area (Å²) in [6.45, 7) is 2.11. The molecule has 2 rings (SSSR count). The second-order valence-electron chi connectivity index (χ2n) is 4.04. The van der Waals surface area contributed by atoms with Crippen LogP contribution in [0.15, 0.2) is 23.8 Å². The van der Waals surface area contributed by atoms with Gasteiger partial charge in [-0.15, -0.1) is 0 Å². The normalized spacial score (nSPS) is 16.9. The van der Waals surface area contributed by atoms with Crippen molar-refractivity contribution < 1.29 is 4.39 Å². The highest BCUT2D eigenvalue weighted by Crippen LogP contribution is 2.27. The molecule has 0 radical (unpaired) electrons. The first kappa shape index (κ1) is 10.4. The molecule has 15 heavy (non-hydrogen) atoms. The van der Waals surface area contributed by atoms with Crippen molar-refractivity contribution in [1.29, 1.82) is 0 Å². The van der Waals surface area contributed by atoms with E-state index in [0.717, 1.165) is 24.0 Å². The van der Waals surface area contributed by atoms with Crippen LogP contribution in [-0.2, 0) is 6.42 Å². The van der Waals surface area contributed by atoms with Gasteiger partial charge in [0.05, 0.1) is 0 Å². The molecule has 1 aromatic carbocycles. The summed E-state index contributed by atoms with van der Waals surface area (Å²) >= 11 is 0. The number of likely N-dealkylation sites (N-methyl/N-ethyl adjacent to an activating group) is 1. The Morgan fingerprint density at radius 3 is 2.87 bits per heavy atom. The minimum Gasteiger partial charge on any atom is -0.314 e. The Morgan fingerprint density at radius 2 is 2.13 bits per heavy atom. The van der Waals surface area contributed by atoms with Crippen LogP contribution >= 0.6 is 0 Å². The van der Waals surface area contributed by atoms with E-state index in [1.54, 1.807) is 6.07 Å². The summed E-state index contributed by atoms with van der Waals surface area (Å²) in [7, 11) is 1.93. The molecule has 1 N–H and O–H groups in total. The zero-order valence-corrected chi connectivity index (χ0v) is 9.18. The molecule has 0 spiro atoms. The summed E-state index contributed by atoms with van der Waals surface area (Å²) in [6.07, 6.45) is 3.97. The van der Waals surface area contributed by atoms with Gasteiger partial charge < -0.3 is 5.32 Å². The van der Waals surface area contributed by atoms with E-state index >= 15 is 0 Å². The summed E-state index contributed by atoms with van der Waals surface area (Å²) in [5, 5.41) is 3.19. The Kier molecular flexibility index (Phi) is 2.87. The summed E-state index contributed by atoms with van der Waals surface area (Å²) in [6, 6.07) is 5.66. The van der Waals surface area contributed by atoms with Crippen LogP contribution in [0.4, 0.5) is 4.39 Å². The Bertz CT molecular complexity index is 396. The van der Waals surface area contributed by atoms with E-state index in [1.807, 2.05) is 19.2 Å². The third-order valence-electron chi connectivity index (χ3n) is 3.15. The molecule has 0 bridgehead atoms. The number of rotatable bonds is 2. The molecule has 0 saturated heterocycles. The van der Waals surface area contributed by atoms with Crippen LogP contribution in [-0.4, -0.2) is 13.1 Å². The number of benzene rings is 1. The van der Waals surface area contributed by atoms with E-state index in [4.69, 9.17) is 0 Å². The van der Waals surface area contributed by atoms with Gasteiger partial charge in [0.2, 0.25) is 0 Å². The third-order valence-corrected chi connectivity index (χ3v) is 3.15. The van der Waals surface area contributed by atoms with Crippen LogP contribution in [0.2, 0.25) is 0 Å². The number of fused-ring (bicyclic) bond motifs is 1. The SMILES string of the molecule is CNC(C)C1=Cc2c(F)cccc2CC1. The third kappa shape index (κ3) is 1.95. The average molecular weight is 205 g/mol. The highest BCUT2D eigenvalue weighted by Gasteiger charge is 2.16. The second kappa shape index (κ2) is 4.15. The molecule has 1 aliphatic rings. The van der Waals surface area contributed by atoms with Gasteiger partial charge in [0.15, 0.2) is 0 Å². The summed E-state index contributed by atoms with van der Waals surface area (Å²) in [4.78, 5) is 0. The Morgan fingerprint density at radius 1 is 1.33 bits per heavy atom. The molecule has 0 saturated carbocycles. The smallest absolute Gasteiger partial charge is 0.130 e. The van der Waals surface area contributed by atoms with Gasteiger partial charge >= 0.3 is 0 Å². The summed E-state index contributed by atoms with van der Waals surface area (Å²) in [5.41, 5.74) is 3.19. The zero-order valence-electron chi connectivity index (χ0n) is 9.18. The molecule has 1 nitrogen and oxygen atoms in total. The van der Waals surface area contributed by atoms with Gasteiger partial charge in [0.1, 0.15) is 5.82 Å². The predicted molar refractivity (Wildman–Crippen MR) is 61.2 cm³/mol. The van der Waals surface area contributed by atoms with Crippen molar-refractivity contribution in [3.8, 4) is 0 Å². The van der Waals surface area contributed by atoms with Gasteiger partial charge in [-0.3, -0.25) is 0 Å². The maximum absolute atomic E-state index is 13.5. The molecule has 1 aromatic rings. The lowest BCUT2D eigenvalue weighted by atomic mass is 9.89. The van der Waals surface area contributed by atoms with Gasteiger partial charge in [-0.1, -0.05) is 23.8 Å². The maximum atomic E-state index is 13.5.